The Bertz CT molecular complexity index is 205. The molecule has 0 radical (unpaired) electrons. The fraction of sp³-hybridized carbons (Fsp3) is 0.429. The topological polar surface area (TPSA) is 50.1 Å². The van der Waals surface area contributed by atoms with Crippen LogP contribution in [0.15, 0.2) is 23.4 Å². The zero-order chi connectivity index (χ0) is 6.97. The third-order valence-corrected chi connectivity index (χ3v) is 1.90. The number of nitrogens with two attached hydrogens (primary N) is 1. The molecule has 0 aromatic heterocycles. The predicted octanol–water partition coefficient (Wildman–Crippen LogP) is -0.365. The molecule has 10 heavy (non-hydrogen) atoms. The maximum atomic E-state index is 5.71. The Morgan fingerprint density at radius 3 is 3.40 bits per heavy atom. The summed E-state index contributed by atoms with van der Waals surface area (Å²) in [5.41, 5.74) is 14.4. The lowest BCUT2D eigenvalue weighted by Crippen LogP contribution is -2.23. The van der Waals surface area contributed by atoms with Crippen molar-refractivity contribution in [2.45, 2.75) is 12.5 Å². The SMILES string of the molecule is NC1C=CC2=C(CNN2)C1. The standard InChI is InChI=1S/C7H11N3/c8-6-1-2-7-5(3-6)4-9-10-7/h1-2,6,9-10H,3-4,8H2. The van der Waals surface area contributed by atoms with E-state index in [2.05, 4.69) is 10.9 Å². The molecule has 0 amide bonds. The summed E-state index contributed by atoms with van der Waals surface area (Å²) in [6.07, 6.45) is 5.06. The first-order valence-corrected chi connectivity index (χ1v) is 3.51. The Morgan fingerprint density at radius 1 is 1.60 bits per heavy atom. The molecule has 0 saturated heterocycles. The van der Waals surface area contributed by atoms with Gasteiger partial charge in [-0.2, -0.15) is 0 Å². The number of rotatable bonds is 0. The molecule has 54 valence electrons. The summed E-state index contributed by atoms with van der Waals surface area (Å²) < 4.78 is 0. The lowest BCUT2D eigenvalue weighted by molar-refractivity contribution is 0.702. The largest absolute Gasteiger partial charge is 0.324 e. The fourth-order valence-corrected chi connectivity index (χ4v) is 1.34. The summed E-state index contributed by atoms with van der Waals surface area (Å²) in [5, 5.41) is 0. The number of nitrogens with one attached hydrogen (secondary N) is 2. The Balaban J connectivity index is 2.22. The average molecular weight is 137 g/mol. The third kappa shape index (κ3) is 0.836. The van der Waals surface area contributed by atoms with Crippen LogP contribution >= 0.6 is 0 Å². The van der Waals surface area contributed by atoms with E-state index < -0.39 is 0 Å². The molecule has 1 heterocycles. The number of hydrazine groups is 1. The molecule has 0 aromatic carbocycles. The highest BCUT2D eigenvalue weighted by molar-refractivity contribution is 5.33. The molecule has 2 aliphatic rings. The highest BCUT2D eigenvalue weighted by atomic mass is 15.4. The van der Waals surface area contributed by atoms with Gasteiger partial charge in [-0.25, -0.2) is 5.43 Å². The highest BCUT2D eigenvalue weighted by Gasteiger charge is 2.16. The molecular weight excluding hydrogens is 126 g/mol. The van der Waals surface area contributed by atoms with Crippen LogP contribution in [0.1, 0.15) is 6.42 Å². The molecule has 2 rings (SSSR count). The predicted molar refractivity (Wildman–Crippen MR) is 39.9 cm³/mol. The van der Waals surface area contributed by atoms with Crippen molar-refractivity contribution in [1.29, 1.82) is 0 Å². The molecule has 0 fully saturated rings. The Hall–Kier alpha value is -0.800. The Labute approximate surface area is 59.9 Å². The van der Waals surface area contributed by atoms with Crippen LogP contribution in [-0.2, 0) is 0 Å². The van der Waals surface area contributed by atoms with Gasteiger partial charge in [0.25, 0.3) is 0 Å². The van der Waals surface area contributed by atoms with Crippen molar-refractivity contribution in [3.8, 4) is 0 Å². The molecule has 1 unspecified atom stereocenters. The molecule has 0 spiro atoms. The molecule has 4 N–H and O–H groups in total. The van der Waals surface area contributed by atoms with Gasteiger partial charge in [0.05, 0.1) is 0 Å². The molecular formula is C7H11N3. The summed E-state index contributed by atoms with van der Waals surface area (Å²) in [7, 11) is 0. The quantitative estimate of drug-likeness (QED) is 0.427. The minimum Gasteiger partial charge on any atom is -0.324 e. The van der Waals surface area contributed by atoms with E-state index in [1.54, 1.807) is 0 Å². The van der Waals surface area contributed by atoms with Gasteiger partial charge in [0.2, 0.25) is 0 Å². The van der Waals surface area contributed by atoms with E-state index >= 15 is 0 Å². The smallest absolute Gasteiger partial charge is 0.0491 e. The number of allylic oxidation sites excluding steroid dienone is 1. The highest BCUT2D eigenvalue weighted by Crippen LogP contribution is 2.17. The van der Waals surface area contributed by atoms with E-state index in [-0.39, 0.29) is 6.04 Å². The lowest BCUT2D eigenvalue weighted by atomic mass is 10.0. The molecule has 3 heteroatoms. The minimum atomic E-state index is 0.223. The van der Waals surface area contributed by atoms with E-state index in [1.165, 1.54) is 11.3 Å². The summed E-state index contributed by atoms with van der Waals surface area (Å²) in [4.78, 5) is 0. The summed E-state index contributed by atoms with van der Waals surface area (Å²) in [5.74, 6) is 0. The van der Waals surface area contributed by atoms with Crippen molar-refractivity contribution in [3.63, 3.8) is 0 Å². The van der Waals surface area contributed by atoms with Gasteiger partial charge in [-0.05, 0) is 18.1 Å². The molecule has 3 nitrogen and oxygen atoms in total. The molecule has 1 atom stereocenters. The van der Waals surface area contributed by atoms with E-state index in [4.69, 9.17) is 5.73 Å². The summed E-state index contributed by atoms with van der Waals surface area (Å²) >= 11 is 0. The van der Waals surface area contributed by atoms with Crippen LogP contribution in [0, 0.1) is 0 Å². The van der Waals surface area contributed by atoms with Crippen LogP contribution in [0.5, 0.6) is 0 Å². The Kier molecular flexibility index (Phi) is 1.25. The van der Waals surface area contributed by atoms with Gasteiger partial charge in [-0.1, -0.05) is 6.08 Å². The van der Waals surface area contributed by atoms with E-state index in [1.807, 2.05) is 12.2 Å². The van der Waals surface area contributed by atoms with E-state index in [0.29, 0.717) is 0 Å². The van der Waals surface area contributed by atoms with Gasteiger partial charge in [0.1, 0.15) is 0 Å². The van der Waals surface area contributed by atoms with Crippen molar-refractivity contribution >= 4 is 0 Å². The molecule has 0 aromatic rings. The van der Waals surface area contributed by atoms with Crippen molar-refractivity contribution in [2.24, 2.45) is 5.73 Å². The monoisotopic (exact) mass is 137 g/mol. The van der Waals surface area contributed by atoms with Crippen LogP contribution in [0.3, 0.4) is 0 Å². The molecule has 0 saturated carbocycles. The molecule has 1 aliphatic heterocycles. The zero-order valence-corrected chi connectivity index (χ0v) is 5.72. The van der Waals surface area contributed by atoms with Gasteiger partial charge in [0.15, 0.2) is 0 Å². The van der Waals surface area contributed by atoms with Crippen LogP contribution in [-0.4, -0.2) is 12.6 Å². The first kappa shape index (κ1) is 5.95. The van der Waals surface area contributed by atoms with Crippen molar-refractivity contribution < 1.29 is 0 Å². The van der Waals surface area contributed by atoms with Crippen LogP contribution in [0.2, 0.25) is 0 Å². The fourth-order valence-electron chi connectivity index (χ4n) is 1.34. The zero-order valence-electron chi connectivity index (χ0n) is 5.72. The minimum absolute atomic E-state index is 0.223. The Morgan fingerprint density at radius 2 is 2.50 bits per heavy atom. The molecule has 1 aliphatic carbocycles. The van der Waals surface area contributed by atoms with Gasteiger partial charge >= 0.3 is 0 Å². The van der Waals surface area contributed by atoms with Gasteiger partial charge in [-0.3, -0.25) is 0 Å². The lowest BCUT2D eigenvalue weighted by Gasteiger charge is -2.12. The van der Waals surface area contributed by atoms with Gasteiger partial charge in [-0.15, -0.1) is 0 Å². The van der Waals surface area contributed by atoms with Crippen LogP contribution in [0.4, 0.5) is 0 Å². The second-order valence-electron chi connectivity index (χ2n) is 2.72. The number of hydrogen-bond donors (Lipinski definition) is 3. The maximum Gasteiger partial charge on any atom is 0.0491 e. The average Bonchev–Trinajstić information content (AvgIpc) is 2.33. The maximum absolute atomic E-state index is 5.71. The second-order valence-corrected chi connectivity index (χ2v) is 2.72. The van der Waals surface area contributed by atoms with Crippen molar-refractivity contribution in [1.82, 2.24) is 10.9 Å². The molecule has 0 bridgehead atoms. The first-order valence-electron chi connectivity index (χ1n) is 3.51. The second kappa shape index (κ2) is 2.11. The number of hydrogen-bond acceptors (Lipinski definition) is 3. The van der Waals surface area contributed by atoms with E-state index in [0.717, 1.165) is 13.0 Å². The summed E-state index contributed by atoms with van der Waals surface area (Å²) in [6, 6.07) is 0.223. The van der Waals surface area contributed by atoms with E-state index in [9.17, 15) is 0 Å². The third-order valence-electron chi connectivity index (χ3n) is 1.90. The first-order chi connectivity index (χ1) is 4.86. The van der Waals surface area contributed by atoms with Gasteiger partial charge in [0, 0.05) is 18.3 Å². The van der Waals surface area contributed by atoms with Crippen molar-refractivity contribution in [3.05, 3.63) is 23.4 Å². The normalized spacial score (nSPS) is 30.3. The van der Waals surface area contributed by atoms with Crippen LogP contribution in [0.25, 0.3) is 0 Å². The van der Waals surface area contributed by atoms with Crippen molar-refractivity contribution in [2.75, 3.05) is 6.54 Å². The summed E-state index contributed by atoms with van der Waals surface area (Å²) in [6.45, 7) is 0.938. The van der Waals surface area contributed by atoms with Crippen LogP contribution < -0.4 is 16.6 Å². The van der Waals surface area contributed by atoms with Gasteiger partial charge < -0.3 is 11.2 Å².